The fraction of sp³-hybridized carbons (Fsp3) is 0.545. The topological polar surface area (TPSA) is 20.3 Å². The number of hydrogen-bond donors (Lipinski definition) is 0. The van der Waals surface area contributed by atoms with Gasteiger partial charge in [0.15, 0.2) is 5.78 Å². The maximum absolute atomic E-state index is 12.0. The molecule has 0 unspecified atom stereocenters. The van der Waals surface area contributed by atoms with Gasteiger partial charge < -0.3 is 4.90 Å². The number of carbonyl (C=O) groups excluding carboxylic acids is 1. The van der Waals surface area contributed by atoms with Crippen LogP contribution in [0.25, 0.3) is 0 Å². The minimum atomic E-state index is -2.31. The van der Waals surface area contributed by atoms with E-state index >= 15 is 0 Å². The summed E-state index contributed by atoms with van der Waals surface area (Å²) in [4.78, 5) is 13.8. The zero-order valence-electron chi connectivity index (χ0n) is 9.16. The Morgan fingerprint density at radius 3 is 2.88 bits per heavy atom. The zero-order chi connectivity index (χ0) is 12.0. The van der Waals surface area contributed by atoms with E-state index in [0.29, 0.717) is 19.4 Å². The zero-order valence-corrected chi connectivity index (χ0v) is 9.97. The van der Waals surface area contributed by atoms with Gasteiger partial charge in [-0.1, -0.05) is 6.07 Å². The Kier molecular flexibility index (Phi) is 5.55. The molecular formula is C11H15F2NOS. The monoisotopic (exact) mass is 247 g/mol. The molecule has 5 heteroatoms. The van der Waals surface area contributed by atoms with Crippen molar-refractivity contribution in [1.82, 2.24) is 4.90 Å². The lowest BCUT2D eigenvalue weighted by Gasteiger charge is -2.14. The van der Waals surface area contributed by atoms with Gasteiger partial charge >= 0.3 is 0 Å². The quantitative estimate of drug-likeness (QED) is 0.690. The summed E-state index contributed by atoms with van der Waals surface area (Å²) in [5, 5.41) is 1.86. The Balaban J connectivity index is 2.18. The molecule has 0 N–H and O–H groups in total. The highest BCUT2D eigenvalue weighted by Gasteiger charge is 2.09. The summed E-state index contributed by atoms with van der Waals surface area (Å²) in [5.74, 6) is 0.0976. The van der Waals surface area contributed by atoms with Crippen LogP contribution in [0, 0.1) is 0 Å². The van der Waals surface area contributed by atoms with Crippen molar-refractivity contribution in [2.24, 2.45) is 0 Å². The summed E-state index contributed by atoms with van der Waals surface area (Å²) in [6.07, 6.45) is -1.26. The van der Waals surface area contributed by atoms with E-state index in [1.54, 1.807) is 18.0 Å². The number of halogens is 2. The number of ketones is 1. The predicted molar refractivity (Wildman–Crippen MR) is 61.4 cm³/mol. The Bertz CT molecular complexity index is 314. The lowest BCUT2D eigenvalue weighted by Crippen LogP contribution is -2.25. The number of carbonyl (C=O) groups is 1. The first-order chi connectivity index (χ1) is 7.59. The summed E-state index contributed by atoms with van der Waals surface area (Å²) in [6.45, 7) is 0.300. The van der Waals surface area contributed by atoms with Crippen molar-refractivity contribution >= 4 is 17.1 Å². The molecule has 1 aromatic heterocycles. The molecule has 0 aliphatic rings. The minimum Gasteiger partial charge on any atom is -0.301 e. The van der Waals surface area contributed by atoms with Gasteiger partial charge in [0.05, 0.1) is 11.4 Å². The van der Waals surface area contributed by atoms with Crippen LogP contribution < -0.4 is 0 Å². The SMILES string of the molecule is CN(CCCC(=O)c1cccs1)CC(F)F. The molecule has 90 valence electrons. The maximum Gasteiger partial charge on any atom is 0.251 e. The molecule has 0 fully saturated rings. The molecule has 0 aliphatic heterocycles. The van der Waals surface area contributed by atoms with Gasteiger partial charge in [0.2, 0.25) is 0 Å². The van der Waals surface area contributed by atoms with Crippen LogP contribution in [0.1, 0.15) is 22.5 Å². The highest BCUT2D eigenvalue weighted by Crippen LogP contribution is 2.12. The molecule has 0 saturated heterocycles. The first kappa shape index (κ1) is 13.3. The Morgan fingerprint density at radius 1 is 1.56 bits per heavy atom. The number of nitrogens with zero attached hydrogens (tertiary/aromatic N) is 1. The van der Waals surface area contributed by atoms with E-state index in [4.69, 9.17) is 0 Å². The summed E-state index contributed by atoms with van der Waals surface area (Å²) < 4.78 is 24.0. The second-order valence-electron chi connectivity index (χ2n) is 3.66. The second-order valence-corrected chi connectivity index (χ2v) is 4.61. The van der Waals surface area contributed by atoms with Crippen LogP contribution in [0.15, 0.2) is 17.5 Å². The van der Waals surface area contributed by atoms with Crippen LogP contribution >= 0.6 is 11.3 Å². The average Bonchev–Trinajstić information content (AvgIpc) is 2.68. The van der Waals surface area contributed by atoms with E-state index in [1.807, 2.05) is 11.4 Å². The Labute approximate surface area is 97.9 Å². The van der Waals surface area contributed by atoms with E-state index in [2.05, 4.69) is 0 Å². The molecule has 2 nitrogen and oxygen atoms in total. The average molecular weight is 247 g/mol. The number of thiophene rings is 1. The van der Waals surface area contributed by atoms with E-state index < -0.39 is 6.43 Å². The third-order valence-electron chi connectivity index (χ3n) is 2.19. The lowest BCUT2D eigenvalue weighted by molar-refractivity contribution is 0.0939. The van der Waals surface area contributed by atoms with Crippen molar-refractivity contribution in [3.8, 4) is 0 Å². The number of hydrogen-bond acceptors (Lipinski definition) is 3. The number of rotatable bonds is 7. The fourth-order valence-electron chi connectivity index (χ4n) is 1.40. The van der Waals surface area contributed by atoms with Crippen molar-refractivity contribution in [3.63, 3.8) is 0 Å². The van der Waals surface area contributed by atoms with Crippen LogP contribution in [-0.4, -0.2) is 37.2 Å². The highest BCUT2D eigenvalue weighted by molar-refractivity contribution is 7.12. The smallest absolute Gasteiger partial charge is 0.251 e. The highest BCUT2D eigenvalue weighted by atomic mass is 32.1. The van der Waals surface area contributed by atoms with Gasteiger partial charge in [-0.05, 0) is 31.5 Å². The minimum absolute atomic E-state index is 0.0976. The third kappa shape index (κ3) is 4.81. The van der Waals surface area contributed by atoms with Crippen molar-refractivity contribution in [2.45, 2.75) is 19.3 Å². The standard InChI is InChI=1S/C11H15F2NOS/c1-14(8-11(12)13)6-2-4-9(15)10-5-3-7-16-10/h3,5,7,11H,2,4,6,8H2,1H3. The molecule has 0 bridgehead atoms. The maximum atomic E-state index is 12.0. The van der Waals surface area contributed by atoms with Crippen LogP contribution in [0.4, 0.5) is 8.78 Å². The third-order valence-corrected chi connectivity index (χ3v) is 3.10. The summed E-state index contributed by atoms with van der Waals surface area (Å²) in [5.41, 5.74) is 0. The fourth-order valence-corrected chi connectivity index (χ4v) is 2.09. The van der Waals surface area contributed by atoms with Crippen molar-refractivity contribution in [3.05, 3.63) is 22.4 Å². The van der Waals surface area contributed by atoms with Gasteiger partial charge in [-0.25, -0.2) is 8.78 Å². The van der Waals surface area contributed by atoms with Gasteiger partial charge in [-0.2, -0.15) is 0 Å². The summed E-state index contributed by atoms with van der Waals surface area (Å²) in [7, 11) is 1.64. The molecule has 0 aromatic carbocycles. The van der Waals surface area contributed by atoms with Crippen LogP contribution in [0.3, 0.4) is 0 Å². The van der Waals surface area contributed by atoms with Crippen molar-refractivity contribution in [2.75, 3.05) is 20.1 Å². The van der Waals surface area contributed by atoms with Gasteiger partial charge in [-0.3, -0.25) is 4.79 Å². The number of alkyl halides is 2. The molecule has 0 amide bonds. The van der Waals surface area contributed by atoms with Gasteiger partial charge in [0, 0.05) is 6.42 Å². The van der Waals surface area contributed by atoms with E-state index in [9.17, 15) is 13.6 Å². The van der Waals surface area contributed by atoms with E-state index in [-0.39, 0.29) is 12.3 Å². The van der Waals surface area contributed by atoms with Gasteiger partial charge in [0.1, 0.15) is 0 Å². The largest absolute Gasteiger partial charge is 0.301 e. The first-order valence-electron chi connectivity index (χ1n) is 5.13. The Hall–Kier alpha value is -0.810. The first-order valence-corrected chi connectivity index (χ1v) is 6.01. The molecule has 0 saturated carbocycles. The predicted octanol–water partition coefficient (Wildman–Crippen LogP) is 2.91. The van der Waals surface area contributed by atoms with Crippen LogP contribution in [-0.2, 0) is 0 Å². The molecule has 1 rings (SSSR count). The lowest BCUT2D eigenvalue weighted by atomic mass is 10.2. The molecule has 16 heavy (non-hydrogen) atoms. The number of Topliss-reactive ketones (excluding diaryl/α,β-unsaturated/α-hetero) is 1. The molecule has 1 heterocycles. The molecule has 0 spiro atoms. The van der Waals surface area contributed by atoms with Crippen LogP contribution in [0.5, 0.6) is 0 Å². The van der Waals surface area contributed by atoms with Gasteiger partial charge in [0.25, 0.3) is 6.43 Å². The molecule has 1 aromatic rings. The van der Waals surface area contributed by atoms with E-state index in [1.165, 1.54) is 11.3 Å². The normalized spacial score (nSPS) is 11.3. The molecule has 0 aliphatic carbocycles. The molecule has 0 atom stereocenters. The van der Waals surface area contributed by atoms with Crippen molar-refractivity contribution < 1.29 is 13.6 Å². The van der Waals surface area contributed by atoms with Gasteiger partial charge in [-0.15, -0.1) is 11.3 Å². The molecule has 0 radical (unpaired) electrons. The summed E-state index contributed by atoms with van der Waals surface area (Å²) in [6, 6.07) is 3.62. The van der Waals surface area contributed by atoms with Crippen LogP contribution in [0.2, 0.25) is 0 Å². The van der Waals surface area contributed by atoms with E-state index in [0.717, 1.165) is 4.88 Å². The Morgan fingerprint density at radius 2 is 2.31 bits per heavy atom. The molecular weight excluding hydrogens is 232 g/mol. The van der Waals surface area contributed by atoms with Crippen molar-refractivity contribution in [1.29, 1.82) is 0 Å². The second kappa shape index (κ2) is 6.70. The summed E-state index contributed by atoms with van der Waals surface area (Å²) >= 11 is 1.42.